The molecule has 0 nitrogen and oxygen atoms in total. The van der Waals surface area contributed by atoms with Crippen molar-refractivity contribution in [2.24, 2.45) is 0 Å². The molecule has 2 heteroatoms. The van der Waals surface area contributed by atoms with Gasteiger partial charge in [-0.05, 0) is 24.3 Å². The first-order valence-corrected chi connectivity index (χ1v) is 9.70. The Bertz CT molecular complexity index is 137. The fourth-order valence-electron chi connectivity index (χ4n) is 1.74. The molecule has 0 radical (unpaired) electrons. The smallest absolute Gasteiger partial charge is 0.0109 e. The van der Waals surface area contributed by atoms with Crippen LogP contribution in [0.3, 0.4) is 0 Å². The van der Waals surface area contributed by atoms with Gasteiger partial charge in [-0.25, -0.2) is 0 Å². The van der Waals surface area contributed by atoms with Gasteiger partial charge in [0.25, 0.3) is 0 Å². The van der Waals surface area contributed by atoms with Crippen LogP contribution in [-0.4, -0.2) is 22.5 Å². The molecule has 0 saturated heterocycles. The van der Waals surface area contributed by atoms with Crippen LogP contribution in [0.15, 0.2) is 0 Å². The normalized spacial score (nSPS) is 12.9. The maximum absolute atomic E-state index is 2.39. The minimum Gasteiger partial charge on any atom is -0.161 e. The summed E-state index contributed by atoms with van der Waals surface area (Å²) in [5, 5.41) is 0.854. The van der Waals surface area contributed by atoms with E-state index in [4.69, 9.17) is 0 Å². The topological polar surface area (TPSA) is 0 Å². The first kappa shape index (κ1) is 17.7. The average molecular weight is 277 g/mol. The van der Waals surface area contributed by atoms with E-state index < -0.39 is 0 Å². The van der Waals surface area contributed by atoms with Gasteiger partial charge in [0.1, 0.15) is 0 Å². The van der Waals surface area contributed by atoms with E-state index in [0.717, 1.165) is 5.25 Å². The van der Waals surface area contributed by atoms with E-state index in [1.54, 1.807) is 0 Å². The molecule has 0 heterocycles. The van der Waals surface area contributed by atoms with Gasteiger partial charge in [-0.2, -0.15) is 23.5 Å². The van der Waals surface area contributed by atoms with Crippen LogP contribution in [0.2, 0.25) is 0 Å². The largest absolute Gasteiger partial charge is 0.161 e. The Morgan fingerprint density at radius 3 is 1.94 bits per heavy atom. The molecule has 0 spiro atoms. The molecule has 104 valence electrons. The van der Waals surface area contributed by atoms with Crippen LogP contribution in [-0.2, 0) is 0 Å². The van der Waals surface area contributed by atoms with Crippen molar-refractivity contribution in [2.75, 3.05) is 17.3 Å². The summed E-state index contributed by atoms with van der Waals surface area (Å²) in [4.78, 5) is 0. The lowest BCUT2D eigenvalue weighted by Crippen LogP contribution is -2.02. The van der Waals surface area contributed by atoms with Crippen molar-refractivity contribution in [3.63, 3.8) is 0 Å². The highest BCUT2D eigenvalue weighted by molar-refractivity contribution is 8.03. The van der Waals surface area contributed by atoms with Gasteiger partial charge in [0.2, 0.25) is 0 Å². The second kappa shape index (κ2) is 14.8. The summed E-state index contributed by atoms with van der Waals surface area (Å²) in [5.41, 5.74) is 0. The van der Waals surface area contributed by atoms with Crippen molar-refractivity contribution in [3.8, 4) is 0 Å². The Hall–Kier alpha value is 0.700. The number of hydrogen-bond donors (Lipinski definition) is 0. The van der Waals surface area contributed by atoms with Crippen molar-refractivity contribution in [3.05, 3.63) is 0 Å². The summed E-state index contributed by atoms with van der Waals surface area (Å²) in [6, 6.07) is 0. The molecular formula is C15H32S2. The predicted octanol–water partition coefficient (Wildman–Crippen LogP) is 6.00. The third kappa shape index (κ3) is 14.6. The summed E-state index contributed by atoms with van der Waals surface area (Å²) in [6.45, 7) is 6.96. The molecule has 1 atom stereocenters. The second-order valence-corrected chi connectivity index (χ2v) is 7.57. The molecule has 0 aromatic carbocycles. The van der Waals surface area contributed by atoms with Crippen LogP contribution >= 0.6 is 23.5 Å². The first-order valence-electron chi connectivity index (χ1n) is 7.50. The van der Waals surface area contributed by atoms with Crippen LogP contribution in [0.1, 0.15) is 72.1 Å². The van der Waals surface area contributed by atoms with Gasteiger partial charge in [0.15, 0.2) is 0 Å². The highest BCUT2D eigenvalue weighted by Crippen LogP contribution is 2.19. The quantitative estimate of drug-likeness (QED) is 0.378. The third-order valence-electron chi connectivity index (χ3n) is 2.90. The zero-order valence-electron chi connectivity index (χ0n) is 12.2. The van der Waals surface area contributed by atoms with Gasteiger partial charge in [0.05, 0.1) is 0 Å². The van der Waals surface area contributed by atoms with Crippen LogP contribution < -0.4 is 0 Å². The Morgan fingerprint density at radius 2 is 1.35 bits per heavy atom. The molecule has 0 aliphatic rings. The van der Waals surface area contributed by atoms with Gasteiger partial charge in [-0.15, -0.1) is 0 Å². The van der Waals surface area contributed by atoms with Crippen LogP contribution in [0.5, 0.6) is 0 Å². The van der Waals surface area contributed by atoms with E-state index in [0.29, 0.717) is 0 Å². The molecule has 0 aromatic heterocycles. The third-order valence-corrected chi connectivity index (χ3v) is 5.68. The number of hydrogen-bond acceptors (Lipinski definition) is 2. The van der Waals surface area contributed by atoms with E-state index in [1.165, 1.54) is 68.6 Å². The lowest BCUT2D eigenvalue weighted by Gasteiger charge is -2.10. The Balaban J connectivity index is 3.09. The first-order chi connectivity index (χ1) is 8.31. The molecule has 0 rings (SSSR count). The highest BCUT2D eigenvalue weighted by atomic mass is 32.2. The maximum atomic E-state index is 2.39. The van der Waals surface area contributed by atoms with E-state index in [-0.39, 0.29) is 0 Å². The van der Waals surface area contributed by atoms with E-state index in [1.807, 2.05) is 0 Å². The predicted molar refractivity (Wildman–Crippen MR) is 87.5 cm³/mol. The van der Waals surface area contributed by atoms with E-state index in [9.17, 15) is 0 Å². The molecule has 0 aromatic rings. The molecule has 0 bridgehead atoms. The van der Waals surface area contributed by atoms with Gasteiger partial charge < -0.3 is 0 Å². The summed E-state index contributed by atoms with van der Waals surface area (Å²) < 4.78 is 0. The zero-order valence-corrected chi connectivity index (χ0v) is 13.8. The van der Waals surface area contributed by atoms with Crippen LogP contribution in [0.4, 0.5) is 0 Å². The molecular weight excluding hydrogens is 244 g/mol. The Morgan fingerprint density at radius 1 is 0.765 bits per heavy atom. The summed E-state index contributed by atoms with van der Waals surface area (Å²) in [6.07, 6.45) is 11.3. The molecule has 0 unspecified atom stereocenters. The van der Waals surface area contributed by atoms with Gasteiger partial charge in [-0.1, -0.05) is 59.3 Å². The number of rotatable bonds is 13. The van der Waals surface area contributed by atoms with Gasteiger partial charge in [0, 0.05) is 11.0 Å². The van der Waals surface area contributed by atoms with Gasteiger partial charge in [-0.3, -0.25) is 0 Å². The molecule has 17 heavy (non-hydrogen) atoms. The maximum Gasteiger partial charge on any atom is 0.0109 e. The van der Waals surface area contributed by atoms with Crippen molar-refractivity contribution < 1.29 is 0 Å². The minimum absolute atomic E-state index is 0.854. The Labute approximate surface area is 118 Å². The second-order valence-electron chi connectivity index (χ2n) is 4.88. The fraction of sp³-hybridized carbons (Fsp3) is 1.00. The summed E-state index contributed by atoms with van der Waals surface area (Å²) in [7, 11) is 0. The monoisotopic (exact) mass is 276 g/mol. The zero-order chi connectivity index (χ0) is 12.8. The lowest BCUT2D eigenvalue weighted by atomic mass is 10.2. The van der Waals surface area contributed by atoms with Crippen LogP contribution in [0.25, 0.3) is 0 Å². The molecule has 0 amide bonds. The van der Waals surface area contributed by atoms with Crippen molar-refractivity contribution in [1.29, 1.82) is 0 Å². The van der Waals surface area contributed by atoms with Crippen molar-refractivity contribution in [2.45, 2.75) is 77.4 Å². The SMILES string of the molecule is CCCCCCSC[C@@H](C)SCCCCCC. The summed E-state index contributed by atoms with van der Waals surface area (Å²) in [5.74, 6) is 4.10. The molecule has 0 aliphatic heterocycles. The van der Waals surface area contributed by atoms with Gasteiger partial charge >= 0.3 is 0 Å². The van der Waals surface area contributed by atoms with E-state index >= 15 is 0 Å². The fourth-order valence-corrected chi connectivity index (χ4v) is 4.10. The Kier molecular flexibility index (Phi) is 15.4. The number of thioether (sulfide) groups is 2. The molecule has 0 saturated carbocycles. The van der Waals surface area contributed by atoms with E-state index in [2.05, 4.69) is 44.3 Å². The standard InChI is InChI=1S/C15H32S2/c1-4-6-8-10-12-16-14-15(3)17-13-11-9-7-5-2/h15H,4-14H2,1-3H3/t15-/m1/s1. The highest BCUT2D eigenvalue weighted by Gasteiger charge is 2.02. The average Bonchev–Trinajstić information content (AvgIpc) is 2.33. The summed E-state index contributed by atoms with van der Waals surface area (Å²) >= 11 is 4.33. The lowest BCUT2D eigenvalue weighted by molar-refractivity contribution is 0.705. The minimum atomic E-state index is 0.854. The molecule has 0 aliphatic carbocycles. The van der Waals surface area contributed by atoms with Crippen molar-refractivity contribution in [1.82, 2.24) is 0 Å². The van der Waals surface area contributed by atoms with Crippen molar-refractivity contribution >= 4 is 23.5 Å². The van der Waals surface area contributed by atoms with Crippen LogP contribution in [0, 0.1) is 0 Å². The number of unbranched alkanes of at least 4 members (excludes halogenated alkanes) is 6. The molecule has 0 fully saturated rings. The molecule has 0 N–H and O–H groups in total.